The van der Waals surface area contributed by atoms with Crippen molar-refractivity contribution in [1.29, 1.82) is 0 Å². The molecule has 0 bridgehead atoms. The monoisotopic (exact) mass is 413 g/mol. The van der Waals surface area contributed by atoms with E-state index in [1.807, 2.05) is 43.3 Å². The molecule has 1 heterocycles. The molecule has 0 saturated heterocycles. The van der Waals surface area contributed by atoms with E-state index in [4.69, 9.17) is 0 Å². The molecule has 154 valence electrons. The minimum absolute atomic E-state index is 0.370. The van der Waals surface area contributed by atoms with E-state index in [0.29, 0.717) is 17.4 Å². The minimum atomic E-state index is -3.20. The summed E-state index contributed by atoms with van der Waals surface area (Å²) in [5, 5.41) is 6.55. The van der Waals surface area contributed by atoms with E-state index >= 15 is 0 Å². The molecule has 0 saturated carbocycles. The number of benzene rings is 2. The van der Waals surface area contributed by atoms with Gasteiger partial charge in [-0.3, -0.25) is 4.99 Å². The van der Waals surface area contributed by atoms with Crippen molar-refractivity contribution in [3.8, 4) is 0 Å². The first-order valence-corrected chi connectivity index (χ1v) is 11.4. The second-order valence-electron chi connectivity index (χ2n) is 7.03. The second kappa shape index (κ2) is 9.09. The lowest BCUT2D eigenvalue weighted by Crippen LogP contribution is -2.37. The van der Waals surface area contributed by atoms with Gasteiger partial charge in [-0.2, -0.15) is 0 Å². The maximum atomic E-state index is 11.7. The van der Waals surface area contributed by atoms with E-state index in [0.717, 1.165) is 47.4 Å². The number of nitrogens with one attached hydrogen (secondary N) is 3. The number of nitrogens with zero attached hydrogens (tertiary/aromatic N) is 2. The van der Waals surface area contributed by atoms with Crippen LogP contribution in [0, 0.1) is 6.92 Å². The average Bonchev–Trinajstić information content (AvgIpc) is 3.09. The average molecular weight is 414 g/mol. The predicted octanol–water partition coefficient (Wildman–Crippen LogP) is 2.57. The summed E-state index contributed by atoms with van der Waals surface area (Å²) in [5.41, 5.74) is 3.80. The highest BCUT2D eigenvalue weighted by atomic mass is 32.2. The Labute approximate surface area is 171 Å². The number of para-hydroxylation sites is 2. The predicted molar refractivity (Wildman–Crippen MR) is 117 cm³/mol. The fraction of sp³-hybridized carbons (Fsp3) is 0.333. The molecule has 3 aromatic rings. The van der Waals surface area contributed by atoms with Crippen molar-refractivity contribution in [3.05, 3.63) is 59.4 Å². The molecular weight excluding hydrogens is 386 g/mol. The summed E-state index contributed by atoms with van der Waals surface area (Å²) in [6.45, 7) is 3.14. The highest BCUT2D eigenvalue weighted by Gasteiger charge is 2.11. The van der Waals surface area contributed by atoms with E-state index in [-0.39, 0.29) is 0 Å². The van der Waals surface area contributed by atoms with Crippen molar-refractivity contribution in [1.82, 2.24) is 20.6 Å². The van der Waals surface area contributed by atoms with Gasteiger partial charge in [0.25, 0.3) is 0 Å². The summed E-state index contributed by atoms with van der Waals surface area (Å²) in [6, 6.07) is 13.4. The van der Waals surface area contributed by atoms with E-state index in [1.54, 1.807) is 13.1 Å². The molecule has 3 rings (SSSR count). The summed E-state index contributed by atoms with van der Waals surface area (Å²) in [5.74, 6) is 1.69. The first-order chi connectivity index (χ1) is 13.9. The second-order valence-corrected chi connectivity index (χ2v) is 9.01. The molecule has 2 aromatic carbocycles. The van der Waals surface area contributed by atoms with Gasteiger partial charge in [-0.05, 0) is 42.7 Å². The zero-order valence-corrected chi connectivity index (χ0v) is 17.8. The molecule has 0 atom stereocenters. The van der Waals surface area contributed by atoms with Gasteiger partial charge in [0.05, 0.1) is 15.9 Å². The summed E-state index contributed by atoms with van der Waals surface area (Å²) in [4.78, 5) is 12.5. The molecule has 0 radical (unpaired) electrons. The summed E-state index contributed by atoms with van der Waals surface area (Å²) in [6.07, 6.45) is 3.00. The van der Waals surface area contributed by atoms with E-state index in [1.165, 1.54) is 6.26 Å². The van der Waals surface area contributed by atoms with Crippen LogP contribution in [0.15, 0.2) is 52.4 Å². The fourth-order valence-electron chi connectivity index (χ4n) is 3.23. The van der Waals surface area contributed by atoms with Crippen LogP contribution in [0.1, 0.15) is 23.4 Å². The van der Waals surface area contributed by atoms with Crippen LogP contribution in [0.5, 0.6) is 0 Å². The third kappa shape index (κ3) is 5.57. The Hall–Kier alpha value is -2.87. The smallest absolute Gasteiger partial charge is 0.191 e. The molecule has 0 aliphatic heterocycles. The molecule has 0 aliphatic carbocycles. The minimum Gasteiger partial charge on any atom is -0.356 e. The lowest BCUT2D eigenvalue weighted by Gasteiger charge is -2.13. The first-order valence-electron chi connectivity index (χ1n) is 9.54. The SMILES string of the molecule is CN=C(NCCCc1nc2ccccc2[nH]1)NCc1ccc(S(C)(=O)=O)c(C)c1. The first kappa shape index (κ1) is 20.9. The third-order valence-corrected chi connectivity index (χ3v) is 5.90. The highest BCUT2D eigenvalue weighted by Crippen LogP contribution is 2.16. The molecular formula is C21H27N5O2S. The van der Waals surface area contributed by atoms with Crippen molar-refractivity contribution in [2.75, 3.05) is 19.8 Å². The van der Waals surface area contributed by atoms with Gasteiger partial charge < -0.3 is 15.6 Å². The van der Waals surface area contributed by atoms with Crippen LogP contribution in [0.4, 0.5) is 0 Å². The number of hydrogen-bond acceptors (Lipinski definition) is 4. The van der Waals surface area contributed by atoms with E-state index in [9.17, 15) is 8.42 Å². The molecule has 0 fully saturated rings. The van der Waals surface area contributed by atoms with Crippen LogP contribution in [0.2, 0.25) is 0 Å². The standard InChI is InChI=1S/C21H27N5O2S/c1-15-13-16(10-11-19(15)29(3,27)28)14-24-21(22-2)23-12-6-9-20-25-17-7-4-5-8-18(17)26-20/h4-5,7-8,10-11,13H,6,9,12,14H2,1-3H3,(H,25,26)(H2,22,23,24). The molecule has 0 aliphatic rings. The Morgan fingerprint density at radius 3 is 2.66 bits per heavy atom. The van der Waals surface area contributed by atoms with Gasteiger partial charge in [-0.1, -0.05) is 24.3 Å². The van der Waals surface area contributed by atoms with Gasteiger partial charge in [0.1, 0.15) is 5.82 Å². The number of aryl methyl sites for hydroxylation is 2. The Balaban J connectivity index is 1.46. The van der Waals surface area contributed by atoms with Crippen molar-refractivity contribution < 1.29 is 8.42 Å². The topological polar surface area (TPSA) is 99.2 Å². The van der Waals surface area contributed by atoms with Gasteiger partial charge in [0, 0.05) is 32.8 Å². The molecule has 8 heteroatoms. The van der Waals surface area contributed by atoms with Crippen LogP contribution in [-0.4, -0.2) is 44.2 Å². The lowest BCUT2D eigenvalue weighted by molar-refractivity contribution is 0.601. The van der Waals surface area contributed by atoms with Gasteiger partial charge in [0.15, 0.2) is 15.8 Å². The number of guanidine groups is 1. The summed E-state index contributed by atoms with van der Waals surface area (Å²) < 4.78 is 23.5. The number of H-pyrrole nitrogens is 1. The van der Waals surface area contributed by atoms with Crippen molar-refractivity contribution in [3.63, 3.8) is 0 Å². The molecule has 0 spiro atoms. The Morgan fingerprint density at radius 1 is 1.17 bits per heavy atom. The number of rotatable bonds is 7. The van der Waals surface area contributed by atoms with E-state index < -0.39 is 9.84 Å². The maximum absolute atomic E-state index is 11.7. The quantitative estimate of drug-likeness (QED) is 0.314. The molecule has 3 N–H and O–H groups in total. The van der Waals surface area contributed by atoms with Gasteiger partial charge in [0.2, 0.25) is 0 Å². The molecule has 0 amide bonds. The van der Waals surface area contributed by atoms with Crippen LogP contribution in [0.25, 0.3) is 11.0 Å². The Bertz CT molecular complexity index is 1090. The molecule has 1 aromatic heterocycles. The largest absolute Gasteiger partial charge is 0.356 e. The number of hydrogen-bond donors (Lipinski definition) is 3. The van der Waals surface area contributed by atoms with Gasteiger partial charge in [-0.25, -0.2) is 13.4 Å². The summed E-state index contributed by atoms with van der Waals surface area (Å²) in [7, 11) is -1.47. The van der Waals surface area contributed by atoms with Crippen molar-refractivity contribution >= 4 is 26.8 Å². The van der Waals surface area contributed by atoms with Crippen LogP contribution < -0.4 is 10.6 Å². The molecule has 0 unspecified atom stereocenters. The highest BCUT2D eigenvalue weighted by molar-refractivity contribution is 7.90. The van der Waals surface area contributed by atoms with Gasteiger partial charge in [-0.15, -0.1) is 0 Å². The number of aliphatic imine (C=N–C) groups is 1. The molecule has 29 heavy (non-hydrogen) atoms. The number of aromatic nitrogens is 2. The lowest BCUT2D eigenvalue weighted by atomic mass is 10.1. The maximum Gasteiger partial charge on any atom is 0.191 e. The normalized spacial score (nSPS) is 12.3. The third-order valence-electron chi connectivity index (χ3n) is 4.64. The zero-order valence-electron chi connectivity index (χ0n) is 17.0. The summed E-state index contributed by atoms with van der Waals surface area (Å²) >= 11 is 0. The van der Waals surface area contributed by atoms with Crippen molar-refractivity contribution in [2.24, 2.45) is 4.99 Å². The van der Waals surface area contributed by atoms with E-state index in [2.05, 4.69) is 25.6 Å². The number of aromatic amines is 1. The Morgan fingerprint density at radius 2 is 1.97 bits per heavy atom. The zero-order chi connectivity index (χ0) is 20.9. The van der Waals surface area contributed by atoms with Crippen LogP contribution in [-0.2, 0) is 22.8 Å². The number of imidazole rings is 1. The van der Waals surface area contributed by atoms with Gasteiger partial charge >= 0.3 is 0 Å². The molecule has 7 nitrogen and oxygen atoms in total. The van der Waals surface area contributed by atoms with Crippen molar-refractivity contribution in [2.45, 2.75) is 31.2 Å². The number of sulfone groups is 1. The number of fused-ring (bicyclic) bond motifs is 1. The fourth-order valence-corrected chi connectivity index (χ4v) is 4.19. The van der Waals surface area contributed by atoms with Crippen LogP contribution in [0.3, 0.4) is 0 Å². The van der Waals surface area contributed by atoms with Crippen LogP contribution >= 0.6 is 0 Å². The Kier molecular flexibility index (Phi) is 6.53.